The lowest BCUT2D eigenvalue weighted by atomic mass is 10.5. The van der Waals surface area contributed by atoms with Crippen LogP contribution in [0.5, 0.6) is 0 Å². The molecule has 2 aromatic rings. The summed E-state index contributed by atoms with van der Waals surface area (Å²) in [4.78, 5) is 4.09. The zero-order valence-electron chi connectivity index (χ0n) is 6.25. The fourth-order valence-corrected chi connectivity index (χ4v) is 1.51. The molecule has 62 valence electrons. The van der Waals surface area contributed by atoms with Crippen LogP contribution in [0.4, 0.5) is 4.39 Å². The van der Waals surface area contributed by atoms with E-state index in [0.29, 0.717) is 15.9 Å². The second-order valence-electron chi connectivity index (χ2n) is 2.43. The van der Waals surface area contributed by atoms with Gasteiger partial charge in [-0.1, -0.05) is 0 Å². The molecule has 5 heteroatoms. The molecule has 0 aliphatic heterocycles. The van der Waals surface area contributed by atoms with Gasteiger partial charge in [0.25, 0.3) is 0 Å². The van der Waals surface area contributed by atoms with E-state index in [4.69, 9.17) is 0 Å². The Hall–Kier alpha value is -0.970. The Morgan fingerprint density at radius 2 is 2.33 bits per heavy atom. The number of aromatic nitrogens is 3. The van der Waals surface area contributed by atoms with Crippen LogP contribution in [0.15, 0.2) is 16.7 Å². The van der Waals surface area contributed by atoms with Crippen LogP contribution in [-0.2, 0) is 0 Å². The maximum atomic E-state index is 12.8. The third-order valence-corrected chi connectivity index (χ3v) is 2.04. The number of rotatable bonds is 0. The van der Waals surface area contributed by atoms with Gasteiger partial charge in [-0.2, -0.15) is 5.10 Å². The van der Waals surface area contributed by atoms with Crippen molar-refractivity contribution in [2.75, 3.05) is 0 Å². The predicted molar refractivity (Wildman–Crippen MR) is 45.4 cm³/mol. The van der Waals surface area contributed by atoms with Crippen molar-refractivity contribution in [3.8, 4) is 0 Å². The van der Waals surface area contributed by atoms with Crippen LogP contribution < -0.4 is 0 Å². The fourth-order valence-electron chi connectivity index (χ4n) is 1.02. The third kappa shape index (κ3) is 1.10. The van der Waals surface area contributed by atoms with E-state index in [1.54, 1.807) is 6.92 Å². The predicted octanol–water partition coefficient (Wildman–Crippen LogP) is 1.94. The molecule has 2 rings (SSSR count). The molecule has 12 heavy (non-hydrogen) atoms. The average Bonchev–Trinajstić information content (AvgIpc) is 2.29. The molecular weight excluding hydrogens is 225 g/mol. The lowest BCUT2D eigenvalue weighted by molar-refractivity contribution is 0.613. The number of pyridine rings is 1. The summed E-state index contributed by atoms with van der Waals surface area (Å²) in [6.45, 7) is 1.76. The molecule has 0 bridgehead atoms. The topological polar surface area (TPSA) is 30.2 Å². The summed E-state index contributed by atoms with van der Waals surface area (Å²) < 4.78 is 14.8. The van der Waals surface area contributed by atoms with E-state index in [0.717, 1.165) is 0 Å². The zero-order valence-corrected chi connectivity index (χ0v) is 7.84. The fraction of sp³-hybridized carbons (Fsp3) is 0.143. The van der Waals surface area contributed by atoms with Crippen molar-refractivity contribution >= 4 is 21.6 Å². The first-order valence-electron chi connectivity index (χ1n) is 3.35. The van der Waals surface area contributed by atoms with Crippen molar-refractivity contribution in [1.29, 1.82) is 0 Å². The molecule has 0 atom stereocenters. The molecule has 0 spiro atoms. The van der Waals surface area contributed by atoms with E-state index >= 15 is 0 Å². The molecular formula is C7H5BrFN3. The molecule has 0 amide bonds. The minimum atomic E-state index is -0.334. The molecule has 2 heterocycles. The minimum absolute atomic E-state index is 0.334. The summed E-state index contributed by atoms with van der Waals surface area (Å²) in [6.07, 6.45) is 1.29. The number of aryl methyl sites for hydroxylation is 1. The summed E-state index contributed by atoms with van der Waals surface area (Å²) >= 11 is 3.20. The van der Waals surface area contributed by atoms with Crippen molar-refractivity contribution in [2.45, 2.75) is 6.92 Å². The average molecular weight is 230 g/mol. The molecule has 0 unspecified atom stereocenters. The number of hydrogen-bond donors (Lipinski definition) is 0. The Bertz CT molecular complexity index is 437. The van der Waals surface area contributed by atoms with Gasteiger partial charge >= 0.3 is 0 Å². The molecule has 0 aromatic carbocycles. The number of fused-ring (bicyclic) bond motifs is 1. The van der Waals surface area contributed by atoms with E-state index in [-0.39, 0.29) is 5.82 Å². The number of nitrogens with zero attached hydrogens (tertiary/aromatic N) is 3. The Kier molecular flexibility index (Phi) is 1.61. The van der Waals surface area contributed by atoms with Crippen LogP contribution >= 0.6 is 15.9 Å². The number of hydrogen-bond acceptors (Lipinski definition) is 2. The maximum absolute atomic E-state index is 12.8. The molecule has 0 aliphatic rings. The third-order valence-electron chi connectivity index (χ3n) is 1.46. The molecule has 2 aromatic heterocycles. The standard InChI is InChI=1S/C7H5BrFN3/c1-4-10-7-6(8)2-5(9)3-12(7)11-4/h2-3H,1H3. The van der Waals surface area contributed by atoms with E-state index < -0.39 is 0 Å². The van der Waals surface area contributed by atoms with Crippen LogP contribution in [0.3, 0.4) is 0 Å². The highest BCUT2D eigenvalue weighted by atomic mass is 79.9. The Labute approximate surface area is 76.4 Å². The maximum Gasteiger partial charge on any atom is 0.169 e. The second kappa shape index (κ2) is 2.52. The normalized spacial score (nSPS) is 10.9. The lowest BCUT2D eigenvalue weighted by Crippen LogP contribution is -1.89. The summed E-state index contributed by atoms with van der Waals surface area (Å²) in [6, 6.07) is 1.36. The SMILES string of the molecule is Cc1nc2c(Br)cc(F)cn2n1. The highest BCUT2D eigenvalue weighted by Gasteiger charge is 2.05. The van der Waals surface area contributed by atoms with Gasteiger partial charge in [0.15, 0.2) is 5.65 Å². The van der Waals surface area contributed by atoms with Crippen LogP contribution in [0, 0.1) is 12.7 Å². The van der Waals surface area contributed by atoms with E-state index in [2.05, 4.69) is 26.0 Å². The van der Waals surface area contributed by atoms with Gasteiger partial charge in [0, 0.05) is 0 Å². The van der Waals surface area contributed by atoms with Gasteiger partial charge in [0.2, 0.25) is 0 Å². The summed E-state index contributed by atoms with van der Waals surface area (Å²) in [7, 11) is 0. The first-order chi connectivity index (χ1) is 5.66. The largest absolute Gasteiger partial charge is 0.217 e. The molecule has 0 fully saturated rings. The highest BCUT2D eigenvalue weighted by molar-refractivity contribution is 9.10. The van der Waals surface area contributed by atoms with Gasteiger partial charge in [0.1, 0.15) is 11.6 Å². The first-order valence-corrected chi connectivity index (χ1v) is 4.14. The summed E-state index contributed by atoms with van der Waals surface area (Å²) in [5.41, 5.74) is 0.633. The van der Waals surface area contributed by atoms with Crippen LogP contribution in [0.25, 0.3) is 5.65 Å². The van der Waals surface area contributed by atoms with E-state index in [9.17, 15) is 4.39 Å². The van der Waals surface area contributed by atoms with Gasteiger partial charge in [0.05, 0.1) is 10.7 Å². The zero-order chi connectivity index (χ0) is 8.72. The smallest absolute Gasteiger partial charge is 0.169 e. The Balaban J connectivity index is 2.88. The molecule has 0 saturated heterocycles. The summed E-state index contributed by atoms with van der Waals surface area (Å²) in [5.74, 6) is 0.292. The molecule has 0 saturated carbocycles. The van der Waals surface area contributed by atoms with Crippen LogP contribution in [-0.4, -0.2) is 14.6 Å². The lowest BCUT2D eigenvalue weighted by Gasteiger charge is -1.93. The van der Waals surface area contributed by atoms with Gasteiger partial charge in [-0.3, -0.25) is 0 Å². The quantitative estimate of drug-likeness (QED) is 0.692. The molecule has 0 radical (unpaired) electrons. The van der Waals surface area contributed by atoms with Crippen molar-refractivity contribution < 1.29 is 4.39 Å². The monoisotopic (exact) mass is 229 g/mol. The molecule has 3 nitrogen and oxygen atoms in total. The summed E-state index contributed by atoms with van der Waals surface area (Å²) in [5, 5.41) is 3.97. The van der Waals surface area contributed by atoms with Crippen LogP contribution in [0.1, 0.15) is 5.82 Å². The molecule has 0 N–H and O–H groups in total. The minimum Gasteiger partial charge on any atom is -0.217 e. The van der Waals surface area contributed by atoms with Crippen LogP contribution in [0.2, 0.25) is 0 Å². The Morgan fingerprint density at radius 1 is 1.58 bits per heavy atom. The highest BCUT2D eigenvalue weighted by Crippen LogP contribution is 2.16. The van der Waals surface area contributed by atoms with Crippen molar-refractivity contribution in [1.82, 2.24) is 14.6 Å². The van der Waals surface area contributed by atoms with Crippen molar-refractivity contribution in [3.63, 3.8) is 0 Å². The van der Waals surface area contributed by atoms with Gasteiger partial charge in [-0.15, -0.1) is 0 Å². The van der Waals surface area contributed by atoms with Crippen molar-refractivity contribution in [3.05, 3.63) is 28.4 Å². The van der Waals surface area contributed by atoms with E-state index in [1.165, 1.54) is 16.8 Å². The molecule has 0 aliphatic carbocycles. The second-order valence-corrected chi connectivity index (χ2v) is 3.29. The first kappa shape index (κ1) is 7.67. The van der Waals surface area contributed by atoms with E-state index in [1.807, 2.05) is 0 Å². The van der Waals surface area contributed by atoms with Gasteiger partial charge in [-0.25, -0.2) is 13.9 Å². The van der Waals surface area contributed by atoms with Crippen molar-refractivity contribution in [2.24, 2.45) is 0 Å². The number of halogens is 2. The van der Waals surface area contributed by atoms with Gasteiger partial charge in [-0.05, 0) is 28.9 Å². The van der Waals surface area contributed by atoms with Gasteiger partial charge < -0.3 is 0 Å². The Morgan fingerprint density at radius 3 is 3.08 bits per heavy atom.